The number of para-hydroxylation sites is 2. The van der Waals surface area contributed by atoms with Crippen LogP contribution >= 0.6 is 11.6 Å². The zero-order valence-electron chi connectivity index (χ0n) is 19.7. The lowest BCUT2D eigenvalue weighted by molar-refractivity contribution is -0.120. The minimum absolute atomic E-state index is 0.185. The van der Waals surface area contributed by atoms with Gasteiger partial charge in [-0.3, -0.25) is 14.4 Å². The number of anilines is 3. The zero-order valence-corrected chi connectivity index (χ0v) is 20.4. The molecule has 9 heteroatoms. The number of hydrogen-bond donors (Lipinski definition) is 2. The van der Waals surface area contributed by atoms with Crippen molar-refractivity contribution in [2.75, 3.05) is 15.5 Å². The van der Waals surface area contributed by atoms with Crippen LogP contribution in [0.25, 0.3) is 0 Å². The minimum Gasteiger partial charge on any atom is -0.457 e. The maximum atomic E-state index is 14.2. The molecule has 0 aromatic heterocycles. The first-order valence-corrected chi connectivity index (χ1v) is 11.8. The van der Waals surface area contributed by atoms with Crippen molar-refractivity contribution in [2.45, 2.75) is 0 Å². The van der Waals surface area contributed by atoms with Crippen molar-refractivity contribution >= 4 is 46.4 Å². The Morgan fingerprint density at radius 2 is 1.34 bits per heavy atom. The third kappa shape index (κ3) is 5.11. The van der Waals surface area contributed by atoms with Crippen LogP contribution in [0.2, 0.25) is 0 Å². The molecule has 0 spiro atoms. The Balaban J connectivity index is 1.23. The maximum Gasteiger partial charge on any atom is 0.283 e. The summed E-state index contributed by atoms with van der Waals surface area (Å²) in [4.78, 5) is 38.8. The normalized spacial score (nSPS) is 13.1. The van der Waals surface area contributed by atoms with Gasteiger partial charge in [0.15, 0.2) is 0 Å². The van der Waals surface area contributed by atoms with Gasteiger partial charge in [0.05, 0.1) is 5.69 Å². The van der Waals surface area contributed by atoms with E-state index in [-0.39, 0.29) is 22.3 Å². The number of imide groups is 1. The second-order valence-corrected chi connectivity index (χ2v) is 8.56. The smallest absolute Gasteiger partial charge is 0.283 e. The van der Waals surface area contributed by atoms with Gasteiger partial charge in [0.25, 0.3) is 17.7 Å². The molecule has 3 amide bonds. The lowest BCUT2D eigenvalue weighted by Gasteiger charge is -2.15. The number of nitrogens with zero attached hydrogens (tertiary/aromatic N) is 1. The summed E-state index contributed by atoms with van der Waals surface area (Å²) in [5.41, 5.74) is 0.979. The topological polar surface area (TPSA) is 87.7 Å². The summed E-state index contributed by atoms with van der Waals surface area (Å²) >= 11 is 6.11. The number of nitrogens with one attached hydrogen (secondary N) is 2. The Labute approximate surface area is 222 Å². The first-order valence-electron chi connectivity index (χ1n) is 11.5. The minimum atomic E-state index is -0.833. The van der Waals surface area contributed by atoms with Crippen LogP contribution in [0.3, 0.4) is 0 Å². The molecule has 1 aliphatic rings. The monoisotopic (exact) mass is 527 g/mol. The Hall–Kier alpha value is -4.95. The van der Waals surface area contributed by atoms with E-state index in [9.17, 15) is 18.8 Å². The maximum absolute atomic E-state index is 14.2. The zero-order chi connectivity index (χ0) is 26.6. The van der Waals surface area contributed by atoms with Gasteiger partial charge in [-0.05, 0) is 72.8 Å². The number of carbonyl (C=O) groups is 3. The summed E-state index contributed by atoms with van der Waals surface area (Å²) in [5.74, 6) is -1.35. The van der Waals surface area contributed by atoms with E-state index in [2.05, 4.69) is 10.6 Å². The van der Waals surface area contributed by atoms with E-state index in [0.29, 0.717) is 33.3 Å². The first-order chi connectivity index (χ1) is 18.4. The lowest BCUT2D eigenvalue weighted by Crippen LogP contribution is -2.33. The molecule has 0 radical (unpaired) electrons. The fourth-order valence-electron chi connectivity index (χ4n) is 3.75. The van der Waals surface area contributed by atoms with E-state index in [0.717, 1.165) is 6.07 Å². The summed E-state index contributed by atoms with van der Waals surface area (Å²) in [5, 5.41) is 5.24. The van der Waals surface area contributed by atoms with Gasteiger partial charge in [-0.2, -0.15) is 0 Å². The van der Waals surface area contributed by atoms with Crippen LogP contribution in [0.15, 0.2) is 114 Å². The molecule has 1 aliphatic heterocycles. The molecule has 7 nitrogen and oxygen atoms in total. The third-order valence-electron chi connectivity index (χ3n) is 5.63. The Morgan fingerprint density at radius 3 is 2.03 bits per heavy atom. The molecule has 0 saturated heterocycles. The lowest BCUT2D eigenvalue weighted by atomic mass is 10.2. The van der Waals surface area contributed by atoms with Crippen molar-refractivity contribution in [2.24, 2.45) is 0 Å². The van der Waals surface area contributed by atoms with E-state index in [1.54, 1.807) is 48.5 Å². The van der Waals surface area contributed by atoms with E-state index in [1.165, 1.54) is 18.2 Å². The van der Waals surface area contributed by atoms with Gasteiger partial charge < -0.3 is 15.4 Å². The van der Waals surface area contributed by atoms with Crippen molar-refractivity contribution in [3.8, 4) is 11.5 Å². The number of hydrogen-bond acceptors (Lipinski definition) is 5. The predicted molar refractivity (Wildman–Crippen MR) is 143 cm³/mol. The average molecular weight is 528 g/mol. The highest BCUT2D eigenvalue weighted by molar-refractivity contribution is 6.53. The van der Waals surface area contributed by atoms with Crippen LogP contribution in [0.4, 0.5) is 21.5 Å². The van der Waals surface area contributed by atoms with Crippen molar-refractivity contribution in [1.29, 1.82) is 0 Å². The summed E-state index contributed by atoms with van der Waals surface area (Å²) in [6.45, 7) is 0. The molecule has 0 saturated carbocycles. The number of rotatable bonds is 7. The molecule has 0 bridgehead atoms. The second kappa shape index (κ2) is 10.6. The number of carbonyl (C=O) groups excluding carboxylic acids is 3. The van der Waals surface area contributed by atoms with Gasteiger partial charge in [-0.25, -0.2) is 9.29 Å². The molecule has 5 rings (SSSR count). The van der Waals surface area contributed by atoms with E-state index in [1.807, 2.05) is 30.3 Å². The summed E-state index contributed by atoms with van der Waals surface area (Å²) < 4.78 is 19.9. The van der Waals surface area contributed by atoms with Crippen LogP contribution in [-0.2, 0) is 9.59 Å². The molecule has 188 valence electrons. The Kier molecular flexibility index (Phi) is 6.88. The Morgan fingerprint density at radius 1 is 0.737 bits per heavy atom. The molecular weight excluding hydrogens is 509 g/mol. The van der Waals surface area contributed by atoms with E-state index < -0.39 is 17.6 Å². The first kappa shape index (κ1) is 24.7. The predicted octanol–water partition coefficient (Wildman–Crippen LogP) is 6.31. The van der Waals surface area contributed by atoms with Crippen LogP contribution in [0, 0.1) is 5.82 Å². The number of ether oxygens (including phenoxy) is 1. The summed E-state index contributed by atoms with van der Waals surface area (Å²) in [6.07, 6.45) is 0. The molecule has 4 aromatic carbocycles. The van der Waals surface area contributed by atoms with Crippen LogP contribution in [0.5, 0.6) is 11.5 Å². The van der Waals surface area contributed by atoms with Gasteiger partial charge in [0.2, 0.25) is 0 Å². The average Bonchev–Trinajstić information content (AvgIpc) is 3.14. The van der Waals surface area contributed by atoms with Crippen LogP contribution < -0.4 is 20.3 Å². The van der Waals surface area contributed by atoms with Gasteiger partial charge in [-0.15, -0.1) is 0 Å². The van der Waals surface area contributed by atoms with Gasteiger partial charge in [-0.1, -0.05) is 41.9 Å². The fourth-order valence-corrected chi connectivity index (χ4v) is 3.96. The number of amides is 3. The standard InChI is InChI=1S/C29H19ClFN3O4/c30-25-26(29(37)34(28(25)36)24-9-5-4-8-23(24)31)32-19-12-10-18(11-13-19)27(35)33-20-14-16-22(17-15-20)38-21-6-2-1-3-7-21/h1-17,32H,(H,33,35). The molecule has 0 aliphatic carbocycles. The SMILES string of the molecule is O=C(Nc1ccc(Oc2ccccc2)cc1)c1ccc(NC2=C(Cl)C(=O)N(c3ccccc3F)C2=O)cc1. The quantitative estimate of drug-likeness (QED) is 0.275. The highest BCUT2D eigenvalue weighted by Crippen LogP contribution is 2.31. The van der Waals surface area contributed by atoms with Gasteiger partial charge >= 0.3 is 0 Å². The molecule has 2 N–H and O–H groups in total. The molecule has 0 fully saturated rings. The largest absolute Gasteiger partial charge is 0.457 e. The number of halogens is 2. The highest BCUT2D eigenvalue weighted by Gasteiger charge is 2.40. The Bertz CT molecular complexity index is 1560. The summed E-state index contributed by atoms with van der Waals surface area (Å²) in [6, 6.07) is 27.9. The van der Waals surface area contributed by atoms with Gasteiger partial charge in [0, 0.05) is 16.9 Å². The number of benzene rings is 4. The third-order valence-corrected chi connectivity index (χ3v) is 5.98. The van der Waals surface area contributed by atoms with E-state index >= 15 is 0 Å². The van der Waals surface area contributed by atoms with Gasteiger partial charge in [0.1, 0.15) is 28.0 Å². The second-order valence-electron chi connectivity index (χ2n) is 8.18. The highest BCUT2D eigenvalue weighted by atomic mass is 35.5. The van der Waals surface area contributed by atoms with Crippen LogP contribution in [0.1, 0.15) is 10.4 Å². The van der Waals surface area contributed by atoms with Crippen LogP contribution in [-0.4, -0.2) is 17.7 Å². The molecule has 1 heterocycles. The molecule has 38 heavy (non-hydrogen) atoms. The van der Waals surface area contributed by atoms with Crippen molar-refractivity contribution in [1.82, 2.24) is 0 Å². The molecule has 0 atom stereocenters. The molecule has 0 unspecified atom stereocenters. The van der Waals surface area contributed by atoms with Crippen molar-refractivity contribution in [3.63, 3.8) is 0 Å². The fraction of sp³-hybridized carbons (Fsp3) is 0. The molecular formula is C29H19ClFN3O4. The van der Waals surface area contributed by atoms with Crippen molar-refractivity contribution < 1.29 is 23.5 Å². The van der Waals surface area contributed by atoms with E-state index in [4.69, 9.17) is 16.3 Å². The summed E-state index contributed by atoms with van der Waals surface area (Å²) in [7, 11) is 0. The van der Waals surface area contributed by atoms with Crippen molar-refractivity contribution in [3.05, 3.63) is 125 Å². The molecule has 4 aromatic rings.